The van der Waals surface area contributed by atoms with E-state index >= 15 is 0 Å². The number of rotatable bonds is 8. The molecular formula is C28H32N4O6. The molecule has 0 aliphatic carbocycles. The van der Waals surface area contributed by atoms with E-state index in [-0.39, 0.29) is 24.0 Å². The number of fused-ring (bicyclic) bond motifs is 1. The molecule has 3 N–H and O–H groups in total. The summed E-state index contributed by atoms with van der Waals surface area (Å²) in [7, 11) is 0. The van der Waals surface area contributed by atoms with Crippen LogP contribution in [-0.4, -0.2) is 59.4 Å². The van der Waals surface area contributed by atoms with Crippen LogP contribution in [0.5, 0.6) is 0 Å². The Morgan fingerprint density at radius 1 is 0.974 bits per heavy atom. The minimum Gasteiger partial charge on any atom is -0.444 e. The summed E-state index contributed by atoms with van der Waals surface area (Å²) in [6, 6.07) is 12.0. The number of hydrogen-bond donors (Lipinski definition) is 3. The normalized spacial score (nSPS) is 17.2. The van der Waals surface area contributed by atoms with Crippen LogP contribution in [0, 0.1) is 0 Å². The maximum atomic E-state index is 13.2. The third kappa shape index (κ3) is 6.19. The predicted octanol–water partition coefficient (Wildman–Crippen LogP) is 2.81. The van der Waals surface area contributed by atoms with Crippen molar-refractivity contribution in [2.75, 3.05) is 18.4 Å². The highest BCUT2D eigenvalue weighted by molar-refractivity contribution is 6.25. The molecule has 10 nitrogen and oxygen atoms in total. The second kappa shape index (κ2) is 11.0. The number of hydrogen-bond acceptors (Lipinski definition) is 7. The van der Waals surface area contributed by atoms with Gasteiger partial charge in [0.2, 0.25) is 11.8 Å². The summed E-state index contributed by atoms with van der Waals surface area (Å²) in [5.74, 6) is -2.10. The predicted molar refractivity (Wildman–Crippen MR) is 140 cm³/mol. The molecule has 0 aromatic heterocycles. The Kier molecular flexibility index (Phi) is 7.80. The number of anilines is 1. The first kappa shape index (κ1) is 26.8. The van der Waals surface area contributed by atoms with Gasteiger partial charge in [0.1, 0.15) is 11.6 Å². The van der Waals surface area contributed by atoms with Crippen LogP contribution < -0.4 is 16.0 Å². The molecule has 0 radical (unpaired) electrons. The fourth-order valence-corrected chi connectivity index (χ4v) is 4.50. The van der Waals surface area contributed by atoms with E-state index in [1.807, 2.05) is 45.0 Å². The van der Waals surface area contributed by atoms with Crippen LogP contribution >= 0.6 is 0 Å². The lowest BCUT2D eigenvalue weighted by Gasteiger charge is -2.27. The lowest BCUT2D eigenvalue weighted by Crippen LogP contribution is -2.54. The van der Waals surface area contributed by atoms with Crippen LogP contribution in [0.25, 0.3) is 0 Å². The Hall–Kier alpha value is -4.21. The molecule has 1 fully saturated rings. The number of carbonyl (C=O) groups excluding carboxylic acids is 5. The van der Waals surface area contributed by atoms with E-state index in [1.165, 1.54) is 0 Å². The largest absolute Gasteiger partial charge is 0.444 e. The van der Waals surface area contributed by atoms with Crippen molar-refractivity contribution in [3.63, 3.8) is 0 Å². The van der Waals surface area contributed by atoms with Gasteiger partial charge in [-0.2, -0.15) is 0 Å². The van der Waals surface area contributed by atoms with Crippen molar-refractivity contribution in [3.8, 4) is 0 Å². The number of nitrogens with one attached hydrogen (secondary N) is 3. The average molecular weight is 521 g/mol. The molecule has 1 unspecified atom stereocenters. The number of alkyl carbamates (subject to hydrolysis) is 1. The Balaban J connectivity index is 1.31. The average Bonchev–Trinajstić information content (AvgIpc) is 3.10. The number of nitrogens with zero attached hydrogens (tertiary/aromatic N) is 1. The molecule has 200 valence electrons. The number of carbonyl (C=O) groups is 5. The van der Waals surface area contributed by atoms with Crippen molar-refractivity contribution < 1.29 is 28.7 Å². The van der Waals surface area contributed by atoms with Crippen molar-refractivity contribution >= 4 is 35.4 Å². The summed E-state index contributed by atoms with van der Waals surface area (Å²) in [5.41, 5.74) is 2.65. The third-order valence-electron chi connectivity index (χ3n) is 6.30. The number of ether oxygens (including phenoxy) is 1. The molecule has 4 rings (SSSR count). The molecule has 2 aliphatic heterocycles. The molecule has 2 aliphatic rings. The highest BCUT2D eigenvalue weighted by atomic mass is 16.6. The molecule has 0 saturated carbocycles. The van der Waals surface area contributed by atoms with Crippen LogP contribution in [-0.2, 0) is 27.2 Å². The van der Waals surface area contributed by atoms with E-state index in [4.69, 9.17) is 4.74 Å². The third-order valence-corrected chi connectivity index (χ3v) is 6.30. The number of piperidine rings is 1. The van der Waals surface area contributed by atoms with Gasteiger partial charge in [-0.25, -0.2) is 4.79 Å². The maximum Gasteiger partial charge on any atom is 0.407 e. The van der Waals surface area contributed by atoms with Gasteiger partial charge in [-0.1, -0.05) is 30.3 Å². The first-order chi connectivity index (χ1) is 18.0. The van der Waals surface area contributed by atoms with Crippen molar-refractivity contribution in [2.45, 2.75) is 58.1 Å². The molecular weight excluding hydrogens is 488 g/mol. The molecule has 2 aromatic carbocycles. The first-order valence-electron chi connectivity index (χ1n) is 12.7. The fraction of sp³-hybridized carbons (Fsp3) is 0.393. The van der Waals surface area contributed by atoms with Gasteiger partial charge in [-0.3, -0.25) is 29.4 Å². The van der Waals surface area contributed by atoms with E-state index in [9.17, 15) is 24.0 Å². The summed E-state index contributed by atoms with van der Waals surface area (Å²) in [5, 5.41) is 8.20. The number of amides is 5. The van der Waals surface area contributed by atoms with Gasteiger partial charge >= 0.3 is 6.09 Å². The molecule has 1 atom stereocenters. The Labute approximate surface area is 221 Å². The van der Waals surface area contributed by atoms with Gasteiger partial charge in [-0.05, 0) is 63.3 Å². The quantitative estimate of drug-likeness (QED) is 0.456. The summed E-state index contributed by atoms with van der Waals surface area (Å²) in [6.07, 6.45) is 1.11. The standard InChI is InChI=1S/C28H32N4O6/c1-28(2,3)38-27(37)30-16-14-18-9-7-17(8-10-18)13-15-29-20-6-4-5-19-23(20)26(36)32(25(19)35)21-11-12-22(33)31-24(21)34/h4-10,21,29H,11-16H2,1-3H3,(H,30,37)(H,31,33,34). The second-order valence-corrected chi connectivity index (χ2v) is 10.3. The lowest BCUT2D eigenvalue weighted by molar-refractivity contribution is -0.136. The Morgan fingerprint density at radius 2 is 1.63 bits per heavy atom. The molecule has 5 amide bonds. The molecule has 0 bridgehead atoms. The molecule has 10 heteroatoms. The van der Waals surface area contributed by atoms with Crippen LogP contribution in [0.15, 0.2) is 42.5 Å². The van der Waals surface area contributed by atoms with Gasteiger partial charge in [0.25, 0.3) is 11.8 Å². The smallest absolute Gasteiger partial charge is 0.407 e. The van der Waals surface area contributed by atoms with E-state index in [1.54, 1.807) is 18.2 Å². The van der Waals surface area contributed by atoms with Crippen LogP contribution in [0.1, 0.15) is 65.5 Å². The van der Waals surface area contributed by atoms with Crippen molar-refractivity contribution in [3.05, 3.63) is 64.7 Å². The van der Waals surface area contributed by atoms with Gasteiger partial charge < -0.3 is 15.4 Å². The van der Waals surface area contributed by atoms with Crippen molar-refractivity contribution in [2.24, 2.45) is 0 Å². The topological polar surface area (TPSA) is 134 Å². The van der Waals surface area contributed by atoms with E-state index in [0.29, 0.717) is 31.6 Å². The van der Waals surface area contributed by atoms with E-state index in [0.717, 1.165) is 16.0 Å². The monoisotopic (exact) mass is 520 g/mol. The highest BCUT2D eigenvalue weighted by Crippen LogP contribution is 2.32. The minimum atomic E-state index is -0.995. The second-order valence-electron chi connectivity index (χ2n) is 10.3. The molecule has 2 aromatic rings. The first-order valence-corrected chi connectivity index (χ1v) is 12.7. The molecule has 2 heterocycles. The zero-order valence-corrected chi connectivity index (χ0v) is 21.8. The van der Waals surface area contributed by atoms with Gasteiger partial charge in [-0.15, -0.1) is 0 Å². The SMILES string of the molecule is CC(C)(C)OC(=O)NCCc1ccc(CCNc2cccc3c2C(=O)N(C2CCC(=O)NC2=O)C3=O)cc1. The molecule has 38 heavy (non-hydrogen) atoms. The van der Waals surface area contributed by atoms with E-state index < -0.39 is 41.4 Å². The van der Waals surface area contributed by atoms with Crippen LogP contribution in [0.2, 0.25) is 0 Å². The lowest BCUT2D eigenvalue weighted by atomic mass is 10.0. The van der Waals surface area contributed by atoms with Crippen molar-refractivity contribution in [1.82, 2.24) is 15.5 Å². The van der Waals surface area contributed by atoms with Crippen LogP contribution in [0.3, 0.4) is 0 Å². The Bertz CT molecular complexity index is 1270. The van der Waals surface area contributed by atoms with Crippen LogP contribution in [0.4, 0.5) is 10.5 Å². The summed E-state index contributed by atoms with van der Waals surface area (Å²) < 4.78 is 5.23. The number of benzene rings is 2. The van der Waals surface area contributed by atoms with Crippen molar-refractivity contribution in [1.29, 1.82) is 0 Å². The van der Waals surface area contributed by atoms with Gasteiger partial charge in [0.15, 0.2) is 0 Å². The summed E-state index contributed by atoms with van der Waals surface area (Å²) in [4.78, 5) is 62.7. The molecule has 1 saturated heterocycles. The molecule has 0 spiro atoms. The summed E-state index contributed by atoms with van der Waals surface area (Å²) >= 11 is 0. The van der Waals surface area contributed by atoms with Gasteiger partial charge in [0, 0.05) is 25.2 Å². The maximum absolute atomic E-state index is 13.2. The summed E-state index contributed by atoms with van der Waals surface area (Å²) in [6.45, 7) is 6.45. The zero-order chi connectivity index (χ0) is 27.4. The minimum absolute atomic E-state index is 0.0773. The fourth-order valence-electron chi connectivity index (χ4n) is 4.50. The van der Waals surface area contributed by atoms with Gasteiger partial charge in [0.05, 0.1) is 11.1 Å². The number of imide groups is 2. The highest BCUT2D eigenvalue weighted by Gasteiger charge is 2.45. The zero-order valence-electron chi connectivity index (χ0n) is 21.8. The Morgan fingerprint density at radius 3 is 2.26 bits per heavy atom. The van der Waals surface area contributed by atoms with E-state index in [2.05, 4.69) is 16.0 Å².